The van der Waals surface area contributed by atoms with Crippen molar-refractivity contribution in [2.45, 2.75) is 52.0 Å². The fraction of sp³-hybridized carbons (Fsp3) is 0.524. The minimum atomic E-state index is 0. The third kappa shape index (κ3) is 7.12. The van der Waals surface area contributed by atoms with Crippen LogP contribution >= 0.6 is 24.8 Å². The maximum atomic E-state index is 12.3. The van der Waals surface area contributed by atoms with E-state index in [1.807, 2.05) is 24.5 Å². The van der Waals surface area contributed by atoms with Crippen molar-refractivity contribution in [3.63, 3.8) is 0 Å². The highest BCUT2D eigenvalue weighted by Gasteiger charge is 2.14. The first-order chi connectivity index (χ1) is 12.6. The summed E-state index contributed by atoms with van der Waals surface area (Å²) in [4.78, 5) is 16.7. The predicted molar refractivity (Wildman–Crippen MR) is 120 cm³/mol. The molecule has 156 valence electrons. The second-order valence-corrected chi connectivity index (χ2v) is 7.55. The number of rotatable bonds is 7. The summed E-state index contributed by atoms with van der Waals surface area (Å²) in [5.41, 5.74) is 2.05. The number of halogens is 2. The highest BCUT2D eigenvalue weighted by atomic mass is 35.5. The molecule has 1 aliphatic rings. The normalized spacial score (nSPS) is 14.2. The summed E-state index contributed by atoms with van der Waals surface area (Å²) in [5, 5.41) is 6.43. The second kappa shape index (κ2) is 12.1. The third-order valence-corrected chi connectivity index (χ3v) is 5.07. The van der Waals surface area contributed by atoms with Gasteiger partial charge >= 0.3 is 0 Å². The van der Waals surface area contributed by atoms with E-state index in [4.69, 9.17) is 0 Å². The molecule has 1 fully saturated rings. The van der Waals surface area contributed by atoms with Gasteiger partial charge in [0.05, 0.1) is 0 Å². The molecule has 2 heterocycles. The summed E-state index contributed by atoms with van der Waals surface area (Å²) < 4.78 is 2.17. The van der Waals surface area contributed by atoms with Gasteiger partial charge in [0.2, 0.25) is 5.91 Å². The topological polar surface area (TPSA) is 59.0 Å². The number of anilines is 1. The van der Waals surface area contributed by atoms with E-state index in [0.29, 0.717) is 18.3 Å². The Labute approximate surface area is 180 Å². The number of imidazole rings is 1. The summed E-state index contributed by atoms with van der Waals surface area (Å²) in [7, 11) is 0. The average Bonchev–Trinajstić information content (AvgIpc) is 3.09. The summed E-state index contributed by atoms with van der Waals surface area (Å²) in [6.07, 6.45) is 7.83. The molecule has 2 aromatic rings. The van der Waals surface area contributed by atoms with E-state index in [1.165, 1.54) is 18.4 Å². The largest absolute Gasteiger partial charge is 0.330 e. The van der Waals surface area contributed by atoms with E-state index in [9.17, 15) is 4.79 Å². The minimum absolute atomic E-state index is 0. The van der Waals surface area contributed by atoms with Gasteiger partial charge in [-0.15, -0.1) is 24.8 Å². The SMILES string of the molecule is CC(C)c1nccn1Cc1cccc(NC(=O)CCC2CCNCC2)c1.Cl.Cl. The van der Waals surface area contributed by atoms with Gasteiger partial charge in [-0.25, -0.2) is 4.98 Å². The Bertz CT molecular complexity index is 727. The van der Waals surface area contributed by atoms with Crippen LogP contribution in [0.4, 0.5) is 5.69 Å². The van der Waals surface area contributed by atoms with Crippen molar-refractivity contribution in [1.82, 2.24) is 14.9 Å². The first-order valence-electron chi connectivity index (χ1n) is 9.72. The van der Waals surface area contributed by atoms with Crippen molar-refractivity contribution in [3.8, 4) is 0 Å². The number of hydrogen-bond acceptors (Lipinski definition) is 3. The standard InChI is InChI=1S/C21H30N4O.2ClH/c1-16(2)21-23-12-13-25(21)15-18-4-3-5-19(14-18)24-20(26)7-6-17-8-10-22-11-9-17;;/h3-5,12-14,16-17,22H,6-11,15H2,1-2H3,(H,24,26);2*1H. The van der Waals surface area contributed by atoms with E-state index < -0.39 is 0 Å². The summed E-state index contributed by atoms with van der Waals surface area (Å²) in [6.45, 7) is 7.24. The van der Waals surface area contributed by atoms with Gasteiger partial charge in [0, 0.05) is 37.0 Å². The Morgan fingerprint density at radius 2 is 2.04 bits per heavy atom. The van der Waals surface area contributed by atoms with Gasteiger partial charge in [-0.1, -0.05) is 26.0 Å². The molecule has 1 aliphatic heterocycles. The molecule has 0 unspecified atom stereocenters. The Morgan fingerprint density at radius 1 is 1.29 bits per heavy atom. The van der Waals surface area contributed by atoms with E-state index in [1.54, 1.807) is 0 Å². The fourth-order valence-corrected chi connectivity index (χ4v) is 3.63. The van der Waals surface area contributed by atoms with Crippen molar-refractivity contribution >= 4 is 36.4 Å². The Hall–Kier alpha value is -1.56. The van der Waals surface area contributed by atoms with Crippen LogP contribution < -0.4 is 10.6 Å². The molecule has 5 nitrogen and oxygen atoms in total. The van der Waals surface area contributed by atoms with E-state index in [2.05, 4.69) is 46.2 Å². The lowest BCUT2D eigenvalue weighted by molar-refractivity contribution is -0.116. The Morgan fingerprint density at radius 3 is 2.75 bits per heavy atom. The van der Waals surface area contributed by atoms with Gasteiger partial charge in [-0.2, -0.15) is 0 Å². The molecule has 3 rings (SSSR count). The summed E-state index contributed by atoms with van der Waals surface area (Å²) in [5.74, 6) is 2.28. The van der Waals surface area contributed by atoms with Gasteiger partial charge in [0.15, 0.2) is 0 Å². The van der Waals surface area contributed by atoms with Crippen molar-refractivity contribution < 1.29 is 4.79 Å². The molecule has 0 spiro atoms. The van der Waals surface area contributed by atoms with Crippen molar-refractivity contribution in [2.24, 2.45) is 5.92 Å². The molecular formula is C21H32Cl2N4O. The second-order valence-electron chi connectivity index (χ2n) is 7.55. The van der Waals surface area contributed by atoms with Crippen LogP contribution in [0.5, 0.6) is 0 Å². The number of carbonyl (C=O) groups is 1. The third-order valence-electron chi connectivity index (χ3n) is 5.07. The predicted octanol–water partition coefficient (Wildman–Crippen LogP) is 4.62. The number of piperidine rings is 1. The molecule has 0 radical (unpaired) electrons. The smallest absolute Gasteiger partial charge is 0.224 e. The van der Waals surface area contributed by atoms with E-state index in [0.717, 1.165) is 37.6 Å². The van der Waals surface area contributed by atoms with Gasteiger partial charge in [-0.05, 0) is 56.0 Å². The summed E-state index contributed by atoms with van der Waals surface area (Å²) in [6, 6.07) is 8.12. The molecule has 2 N–H and O–H groups in total. The monoisotopic (exact) mass is 426 g/mol. The maximum absolute atomic E-state index is 12.3. The zero-order valence-corrected chi connectivity index (χ0v) is 18.3. The number of nitrogens with zero attached hydrogens (tertiary/aromatic N) is 2. The van der Waals surface area contributed by atoms with E-state index >= 15 is 0 Å². The zero-order chi connectivity index (χ0) is 18.4. The molecule has 1 saturated heterocycles. The molecule has 1 aromatic heterocycles. The molecule has 0 aliphatic carbocycles. The highest BCUT2D eigenvalue weighted by Crippen LogP contribution is 2.19. The maximum Gasteiger partial charge on any atom is 0.224 e. The highest BCUT2D eigenvalue weighted by molar-refractivity contribution is 5.90. The number of amides is 1. The fourth-order valence-electron chi connectivity index (χ4n) is 3.63. The van der Waals surface area contributed by atoms with Crippen LogP contribution in [0.3, 0.4) is 0 Å². The molecule has 7 heteroatoms. The first-order valence-corrected chi connectivity index (χ1v) is 9.72. The van der Waals surface area contributed by atoms with Crippen LogP contribution in [0.2, 0.25) is 0 Å². The Kier molecular flexibility index (Phi) is 10.6. The lowest BCUT2D eigenvalue weighted by Crippen LogP contribution is -2.28. The van der Waals surface area contributed by atoms with Crippen LogP contribution in [-0.2, 0) is 11.3 Å². The van der Waals surface area contributed by atoms with Gasteiger partial charge < -0.3 is 15.2 Å². The van der Waals surface area contributed by atoms with Crippen LogP contribution in [0.15, 0.2) is 36.7 Å². The number of aromatic nitrogens is 2. The van der Waals surface area contributed by atoms with Gasteiger partial charge in [0.25, 0.3) is 0 Å². The number of hydrogen-bond donors (Lipinski definition) is 2. The van der Waals surface area contributed by atoms with Crippen LogP contribution in [-0.4, -0.2) is 28.5 Å². The Balaban J connectivity index is 0.00000196. The van der Waals surface area contributed by atoms with Gasteiger partial charge in [-0.3, -0.25) is 4.79 Å². The number of nitrogens with one attached hydrogen (secondary N) is 2. The lowest BCUT2D eigenvalue weighted by atomic mass is 9.93. The summed E-state index contributed by atoms with van der Waals surface area (Å²) >= 11 is 0. The zero-order valence-electron chi connectivity index (χ0n) is 16.7. The molecule has 0 bridgehead atoms. The molecular weight excluding hydrogens is 395 g/mol. The quantitative estimate of drug-likeness (QED) is 0.678. The van der Waals surface area contributed by atoms with E-state index in [-0.39, 0.29) is 30.7 Å². The molecule has 1 amide bonds. The van der Waals surface area contributed by atoms with Crippen molar-refractivity contribution in [3.05, 3.63) is 48.0 Å². The van der Waals surface area contributed by atoms with Crippen LogP contribution in [0, 0.1) is 5.92 Å². The molecule has 28 heavy (non-hydrogen) atoms. The van der Waals surface area contributed by atoms with Crippen LogP contribution in [0.1, 0.15) is 56.8 Å². The first kappa shape index (κ1) is 24.5. The van der Waals surface area contributed by atoms with Crippen molar-refractivity contribution in [2.75, 3.05) is 18.4 Å². The van der Waals surface area contributed by atoms with Gasteiger partial charge in [0.1, 0.15) is 5.82 Å². The average molecular weight is 427 g/mol. The number of carbonyl (C=O) groups excluding carboxylic acids is 1. The molecule has 1 aromatic carbocycles. The minimum Gasteiger partial charge on any atom is -0.330 e. The molecule has 0 atom stereocenters. The molecule has 0 saturated carbocycles. The van der Waals surface area contributed by atoms with Crippen LogP contribution in [0.25, 0.3) is 0 Å². The van der Waals surface area contributed by atoms with Crippen molar-refractivity contribution in [1.29, 1.82) is 0 Å². The lowest BCUT2D eigenvalue weighted by Gasteiger charge is -2.22. The number of benzene rings is 1.